The molecule has 0 aromatic heterocycles. The van der Waals surface area contributed by atoms with Crippen LogP contribution in [0.2, 0.25) is 0 Å². The van der Waals surface area contributed by atoms with Crippen LogP contribution in [0.25, 0.3) is 0 Å². The maximum Gasteiger partial charge on any atom is 0.129 e. The van der Waals surface area contributed by atoms with Gasteiger partial charge in [0.1, 0.15) is 5.82 Å². The van der Waals surface area contributed by atoms with E-state index in [1.165, 1.54) is 18.9 Å². The zero-order chi connectivity index (χ0) is 12.3. The van der Waals surface area contributed by atoms with Crippen molar-refractivity contribution in [1.29, 1.82) is 0 Å². The normalized spacial score (nSPS) is 18.5. The molecule has 0 radical (unpaired) electrons. The molecule has 17 heavy (non-hydrogen) atoms. The number of hydrogen-bond donors (Lipinski definition) is 1. The van der Waals surface area contributed by atoms with E-state index < -0.39 is 0 Å². The number of nitrogens with two attached hydrogens (primary N) is 1. The lowest BCUT2D eigenvalue weighted by Crippen LogP contribution is -2.41. The summed E-state index contributed by atoms with van der Waals surface area (Å²) < 4.78 is 19.8. The second-order valence-corrected chi connectivity index (χ2v) is 5.71. The predicted molar refractivity (Wildman–Crippen MR) is 69.1 cm³/mol. The summed E-state index contributed by atoms with van der Waals surface area (Å²) in [6.07, 6.45) is 4.37. The van der Waals surface area contributed by atoms with Gasteiger partial charge in [0.25, 0.3) is 0 Å². The van der Waals surface area contributed by atoms with Crippen LogP contribution in [0.5, 0.6) is 0 Å². The number of ether oxygens (including phenoxy) is 1. The molecule has 94 valence electrons. The Labute approximate surface area is 109 Å². The van der Waals surface area contributed by atoms with E-state index in [1.807, 2.05) is 6.07 Å². The first-order chi connectivity index (χ1) is 8.09. The minimum absolute atomic E-state index is 0.189. The van der Waals surface area contributed by atoms with Gasteiger partial charge in [0, 0.05) is 15.6 Å². The lowest BCUT2D eigenvalue weighted by molar-refractivity contribution is 0.0734. The van der Waals surface area contributed by atoms with Gasteiger partial charge in [0.05, 0.1) is 13.2 Å². The molecule has 1 aliphatic carbocycles. The van der Waals surface area contributed by atoms with E-state index >= 15 is 0 Å². The largest absolute Gasteiger partial charge is 0.375 e. The summed E-state index contributed by atoms with van der Waals surface area (Å²) in [4.78, 5) is 0. The van der Waals surface area contributed by atoms with Crippen molar-refractivity contribution < 1.29 is 9.13 Å². The highest BCUT2D eigenvalue weighted by molar-refractivity contribution is 9.10. The molecule has 0 atom stereocenters. The van der Waals surface area contributed by atoms with E-state index in [0.717, 1.165) is 17.3 Å². The summed E-state index contributed by atoms with van der Waals surface area (Å²) >= 11 is 3.23. The van der Waals surface area contributed by atoms with Crippen molar-refractivity contribution in [2.75, 3.05) is 6.61 Å². The third-order valence-electron chi connectivity index (χ3n) is 3.26. The molecule has 2 N–H and O–H groups in total. The van der Waals surface area contributed by atoms with Crippen molar-refractivity contribution in [1.82, 2.24) is 0 Å². The minimum Gasteiger partial charge on any atom is -0.375 e. The second-order valence-electron chi connectivity index (χ2n) is 4.80. The smallest absolute Gasteiger partial charge is 0.129 e. The van der Waals surface area contributed by atoms with Crippen LogP contribution in [0, 0.1) is 5.82 Å². The molecule has 0 saturated heterocycles. The molecule has 1 aliphatic rings. The Hall–Kier alpha value is -0.450. The van der Waals surface area contributed by atoms with E-state index in [4.69, 9.17) is 10.5 Å². The van der Waals surface area contributed by atoms with Gasteiger partial charge in [-0.1, -0.05) is 34.8 Å². The van der Waals surface area contributed by atoms with Gasteiger partial charge < -0.3 is 10.5 Å². The number of hydrogen-bond acceptors (Lipinski definition) is 2. The SMILES string of the molecule is NC1(COCc2ccc(Br)cc2F)CCCC1. The topological polar surface area (TPSA) is 35.2 Å². The Morgan fingerprint density at radius 1 is 1.35 bits per heavy atom. The highest BCUT2D eigenvalue weighted by Gasteiger charge is 2.29. The van der Waals surface area contributed by atoms with Gasteiger partial charge in [-0.25, -0.2) is 4.39 Å². The summed E-state index contributed by atoms with van der Waals surface area (Å²) in [7, 11) is 0. The lowest BCUT2D eigenvalue weighted by Gasteiger charge is -2.23. The molecule has 0 amide bonds. The maximum absolute atomic E-state index is 13.5. The Kier molecular flexibility index (Phi) is 4.17. The molecular weight excluding hydrogens is 285 g/mol. The summed E-state index contributed by atoms with van der Waals surface area (Å²) in [6.45, 7) is 0.806. The third kappa shape index (κ3) is 3.50. The first-order valence-corrected chi connectivity index (χ1v) is 6.69. The molecule has 4 heteroatoms. The average Bonchev–Trinajstić information content (AvgIpc) is 2.69. The van der Waals surface area contributed by atoms with Crippen LogP contribution < -0.4 is 5.73 Å². The molecule has 0 unspecified atom stereocenters. The maximum atomic E-state index is 13.5. The molecule has 1 aromatic carbocycles. The van der Waals surface area contributed by atoms with Gasteiger partial charge in [0.15, 0.2) is 0 Å². The summed E-state index contributed by atoms with van der Waals surface area (Å²) in [5.41, 5.74) is 6.55. The fourth-order valence-corrected chi connectivity index (χ4v) is 2.56. The molecule has 0 heterocycles. The fraction of sp³-hybridized carbons (Fsp3) is 0.538. The van der Waals surface area contributed by atoms with Gasteiger partial charge in [-0.15, -0.1) is 0 Å². The number of halogens is 2. The van der Waals surface area contributed by atoms with Crippen LogP contribution in [0.4, 0.5) is 4.39 Å². The molecule has 0 aliphatic heterocycles. The molecular formula is C13H17BrFNO. The molecule has 1 fully saturated rings. The summed E-state index contributed by atoms with van der Waals surface area (Å²) in [5.74, 6) is -0.239. The average molecular weight is 302 g/mol. The minimum atomic E-state index is -0.239. The standard InChI is InChI=1S/C13H17BrFNO/c14-11-4-3-10(12(15)7-11)8-17-9-13(16)5-1-2-6-13/h3-4,7H,1-2,5-6,8-9,16H2. The number of benzene rings is 1. The second kappa shape index (κ2) is 5.46. The van der Waals surface area contributed by atoms with Gasteiger partial charge >= 0.3 is 0 Å². The van der Waals surface area contributed by atoms with Gasteiger partial charge in [0.2, 0.25) is 0 Å². The van der Waals surface area contributed by atoms with Crippen molar-refractivity contribution in [3.8, 4) is 0 Å². The van der Waals surface area contributed by atoms with Gasteiger partial charge in [-0.2, -0.15) is 0 Å². The fourth-order valence-electron chi connectivity index (χ4n) is 2.23. The van der Waals surface area contributed by atoms with Crippen LogP contribution >= 0.6 is 15.9 Å². The first kappa shape index (κ1) is 13.0. The monoisotopic (exact) mass is 301 g/mol. The van der Waals surface area contributed by atoms with Crippen molar-refractivity contribution in [3.05, 3.63) is 34.1 Å². The Morgan fingerprint density at radius 2 is 2.06 bits per heavy atom. The molecule has 0 spiro atoms. The van der Waals surface area contributed by atoms with Crippen molar-refractivity contribution in [3.63, 3.8) is 0 Å². The molecule has 2 rings (SSSR count). The molecule has 1 aromatic rings. The highest BCUT2D eigenvalue weighted by atomic mass is 79.9. The Balaban J connectivity index is 1.85. The predicted octanol–water partition coefficient (Wildman–Crippen LogP) is 3.38. The van der Waals surface area contributed by atoms with Crippen LogP contribution in [-0.4, -0.2) is 12.1 Å². The summed E-state index contributed by atoms with van der Waals surface area (Å²) in [6, 6.07) is 5.00. The van der Waals surface area contributed by atoms with Gasteiger partial charge in [-0.3, -0.25) is 0 Å². The van der Waals surface area contributed by atoms with Crippen LogP contribution in [-0.2, 0) is 11.3 Å². The Bertz CT molecular complexity index is 391. The van der Waals surface area contributed by atoms with Crippen LogP contribution in [0.3, 0.4) is 0 Å². The lowest BCUT2D eigenvalue weighted by atomic mass is 10.0. The van der Waals surface area contributed by atoms with Crippen molar-refractivity contribution >= 4 is 15.9 Å². The van der Waals surface area contributed by atoms with E-state index in [9.17, 15) is 4.39 Å². The molecule has 0 bridgehead atoms. The summed E-state index contributed by atoms with van der Waals surface area (Å²) in [5, 5.41) is 0. The zero-order valence-corrected chi connectivity index (χ0v) is 11.3. The first-order valence-electron chi connectivity index (χ1n) is 5.90. The molecule has 1 saturated carbocycles. The number of rotatable bonds is 4. The van der Waals surface area contributed by atoms with Crippen molar-refractivity contribution in [2.24, 2.45) is 5.73 Å². The Morgan fingerprint density at radius 3 is 2.71 bits per heavy atom. The third-order valence-corrected chi connectivity index (χ3v) is 3.75. The highest BCUT2D eigenvalue weighted by Crippen LogP contribution is 2.27. The van der Waals surface area contributed by atoms with E-state index in [1.54, 1.807) is 6.07 Å². The van der Waals surface area contributed by atoms with Crippen LogP contribution in [0.15, 0.2) is 22.7 Å². The van der Waals surface area contributed by atoms with E-state index in [2.05, 4.69) is 15.9 Å². The quantitative estimate of drug-likeness (QED) is 0.925. The van der Waals surface area contributed by atoms with E-state index in [0.29, 0.717) is 12.2 Å². The van der Waals surface area contributed by atoms with E-state index in [-0.39, 0.29) is 18.0 Å². The van der Waals surface area contributed by atoms with Crippen molar-refractivity contribution in [2.45, 2.75) is 37.8 Å². The van der Waals surface area contributed by atoms with Gasteiger partial charge in [-0.05, 0) is 25.0 Å². The zero-order valence-electron chi connectivity index (χ0n) is 9.72. The van der Waals surface area contributed by atoms with Crippen LogP contribution in [0.1, 0.15) is 31.2 Å². The molecule has 2 nitrogen and oxygen atoms in total.